The van der Waals surface area contributed by atoms with Crippen LogP contribution in [0.4, 0.5) is 0 Å². The number of hydrogen-bond acceptors (Lipinski definition) is 4. The zero-order chi connectivity index (χ0) is 18.0. The molecule has 0 spiro atoms. The van der Waals surface area contributed by atoms with Crippen LogP contribution in [0.1, 0.15) is 20.3 Å². The Bertz CT molecular complexity index is 879. The molecule has 2 aromatic rings. The van der Waals surface area contributed by atoms with Crippen molar-refractivity contribution in [1.29, 1.82) is 0 Å². The van der Waals surface area contributed by atoms with E-state index in [-0.39, 0.29) is 28.7 Å². The van der Waals surface area contributed by atoms with Gasteiger partial charge in [0, 0.05) is 17.5 Å². The van der Waals surface area contributed by atoms with Crippen LogP contribution in [-0.2, 0) is 14.6 Å². The van der Waals surface area contributed by atoms with Crippen molar-refractivity contribution in [3.8, 4) is 0 Å². The highest BCUT2D eigenvalue weighted by Gasteiger charge is 2.35. The number of thioether (sulfide) groups is 1. The van der Waals surface area contributed by atoms with Gasteiger partial charge in [-0.05, 0) is 43.2 Å². The van der Waals surface area contributed by atoms with E-state index in [1.54, 1.807) is 4.90 Å². The number of hydrogen-bond donors (Lipinski definition) is 0. The second-order valence-electron chi connectivity index (χ2n) is 6.45. The molecule has 0 aliphatic carbocycles. The molecule has 0 aromatic heterocycles. The third kappa shape index (κ3) is 4.18. The van der Waals surface area contributed by atoms with Crippen molar-refractivity contribution < 1.29 is 13.2 Å². The summed E-state index contributed by atoms with van der Waals surface area (Å²) < 4.78 is 23.5. The van der Waals surface area contributed by atoms with E-state index in [4.69, 9.17) is 0 Å². The summed E-state index contributed by atoms with van der Waals surface area (Å²) in [5, 5.41) is 2.09. The minimum atomic E-state index is -2.99. The summed E-state index contributed by atoms with van der Waals surface area (Å²) in [6.45, 7) is 4.35. The van der Waals surface area contributed by atoms with Crippen LogP contribution in [0.5, 0.6) is 0 Å². The van der Waals surface area contributed by atoms with E-state index in [0.717, 1.165) is 10.3 Å². The van der Waals surface area contributed by atoms with Crippen LogP contribution in [0.15, 0.2) is 47.4 Å². The van der Waals surface area contributed by atoms with E-state index >= 15 is 0 Å². The molecule has 0 bridgehead atoms. The molecule has 2 unspecified atom stereocenters. The predicted molar refractivity (Wildman–Crippen MR) is 104 cm³/mol. The number of nitrogens with zero attached hydrogens (tertiary/aromatic N) is 1. The van der Waals surface area contributed by atoms with E-state index in [0.29, 0.717) is 13.0 Å². The molecular weight excluding hydrogens is 354 g/mol. The largest absolute Gasteiger partial charge is 0.338 e. The molecular formula is C19H23NO3S2. The summed E-state index contributed by atoms with van der Waals surface area (Å²) >= 11 is 1.53. The predicted octanol–water partition coefficient (Wildman–Crippen LogP) is 3.36. The molecule has 1 saturated heterocycles. The van der Waals surface area contributed by atoms with Crippen LogP contribution >= 0.6 is 11.8 Å². The van der Waals surface area contributed by atoms with E-state index in [2.05, 4.69) is 24.3 Å². The van der Waals surface area contributed by atoms with Gasteiger partial charge in [0.15, 0.2) is 9.84 Å². The first kappa shape index (κ1) is 18.3. The Morgan fingerprint density at radius 3 is 2.60 bits per heavy atom. The number of fused-ring (bicyclic) bond motifs is 1. The lowest BCUT2D eigenvalue weighted by Gasteiger charge is -2.29. The van der Waals surface area contributed by atoms with Gasteiger partial charge < -0.3 is 4.90 Å². The van der Waals surface area contributed by atoms with Gasteiger partial charge in [0.2, 0.25) is 5.91 Å². The van der Waals surface area contributed by atoms with Crippen molar-refractivity contribution in [1.82, 2.24) is 4.90 Å². The van der Waals surface area contributed by atoms with Gasteiger partial charge in [-0.2, -0.15) is 0 Å². The lowest BCUT2D eigenvalue weighted by atomic mass is 10.1. The molecule has 2 atom stereocenters. The Hall–Kier alpha value is -1.53. The van der Waals surface area contributed by atoms with Gasteiger partial charge in [-0.1, -0.05) is 30.3 Å². The van der Waals surface area contributed by atoms with E-state index in [9.17, 15) is 13.2 Å². The van der Waals surface area contributed by atoms with Gasteiger partial charge in [0.1, 0.15) is 0 Å². The average Bonchev–Trinajstić information content (AvgIpc) is 2.95. The standard InChI is InChI=1S/C19H23NO3S2/c1-3-20(17-10-11-25(22,23)13-17)19(21)14(2)24-18-9-8-15-6-4-5-7-16(15)12-18/h4-9,12,14,17H,3,10-11,13H2,1-2H3. The lowest BCUT2D eigenvalue weighted by Crippen LogP contribution is -2.44. The van der Waals surface area contributed by atoms with Crippen LogP contribution in [0.2, 0.25) is 0 Å². The monoisotopic (exact) mass is 377 g/mol. The summed E-state index contributed by atoms with van der Waals surface area (Å²) in [7, 11) is -2.99. The summed E-state index contributed by atoms with van der Waals surface area (Å²) in [6.07, 6.45) is 0.551. The van der Waals surface area contributed by atoms with Gasteiger partial charge in [-0.15, -0.1) is 11.8 Å². The van der Waals surface area contributed by atoms with Gasteiger partial charge in [0.05, 0.1) is 16.8 Å². The SMILES string of the molecule is CCN(C(=O)C(C)Sc1ccc2ccccc2c1)C1CCS(=O)(=O)C1. The summed E-state index contributed by atoms with van der Waals surface area (Å²) in [5.41, 5.74) is 0. The maximum Gasteiger partial charge on any atom is 0.236 e. The van der Waals surface area contributed by atoms with E-state index in [1.165, 1.54) is 17.1 Å². The smallest absolute Gasteiger partial charge is 0.236 e. The van der Waals surface area contributed by atoms with Gasteiger partial charge in [-0.3, -0.25) is 4.79 Å². The molecule has 2 aromatic carbocycles. The maximum absolute atomic E-state index is 12.9. The highest BCUT2D eigenvalue weighted by atomic mass is 32.2. The normalized spacial score (nSPS) is 20.5. The van der Waals surface area contributed by atoms with Crippen molar-refractivity contribution in [3.05, 3.63) is 42.5 Å². The second-order valence-corrected chi connectivity index (χ2v) is 10.1. The van der Waals surface area contributed by atoms with Crippen LogP contribution in [-0.4, -0.2) is 48.6 Å². The molecule has 3 rings (SSSR count). The topological polar surface area (TPSA) is 54.5 Å². The maximum atomic E-state index is 12.9. The third-order valence-electron chi connectivity index (χ3n) is 4.65. The Morgan fingerprint density at radius 1 is 1.24 bits per heavy atom. The van der Waals surface area contributed by atoms with Crippen molar-refractivity contribution in [2.75, 3.05) is 18.1 Å². The fourth-order valence-electron chi connectivity index (χ4n) is 3.34. The molecule has 1 fully saturated rings. The zero-order valence-corrected chi connectivity index (χ0v) is 16.1. The van der Waals surface area contributed by atoms with Gasteiger partial charge in [0.25, 0.3) is 0 Å². The van der Waals surface area contributed by atoms with Crippen LogP contribution in [0.25, 0.3) is 10.8 Å². The highest BCUT2D eigenvalue weighted by Crippen LogP contribution is 2.29. The quantitative estimate of drug-likeness (QED) is 0.750. The van der Waals surface area contributed by atoms with Crippen LogP contribution in [0, 0.1) is 0 Å². The Morgan fingerprint density at radius 2 is 1.96 bits per heavy atom. The summed E-state index contributed by atoms with van der Waals surface area (Å²) in [6, 6.07) is 14.2. The molecule has 1 amide bonds. The Balaban J connectivity index is 1.72. The number of sulfone groups is 1. The highest BCUT2D eigenvalue weighted by molar-refractivity contribution is 8.00. The van der Waals surface area contributed by atoms with Crippen molar-refractivity contribution in [3.63, 3.8) is 0 Å². The number of benzene rings is 2. The molecule has 1 heterocycles. The molecule has 1 aliphatic heterocycles. The molecule has 4 nitrogen and oxygen atoms in total. The van der Waals surface area contributed by atoms with Gasteiger partial charge >= 0.3 is 0 Å². The molecule has 134 valence electrons. The molecule has 1 aliphatic rings. The Kier molecular flexibility index (Phi) is 5.39. The average molecular weight is 378 g/mol. The van der Waals surface area contributed by atoms with Crippen LogP contribution < -0.4 is 0 Å². The minimum Gasteiger partial charge on any atom is -0.338 e. The van der Waals surface area contributed by atoms with Gasteiger partial charge in [-0.25, -0.2) is 8.42 Å². The molecule has 0 N–H and O–H groups in total. The fraction of sp³-hybridized carbons (Fsp3) is 0.421. The molecule has 0 radical (unpaired) electrons. The fourth-order valence-corrected chi connectivity index (χ4v) is 6.06. The first-order valence-electron chi connectivity index (χ1n) is 8.56. The summed E-state index contributed by atoms with van der Waals surface area (Å²) in [5.74, 6) is 0.302. The zero-order valence-electron chi connectivity index (χ0n) is 14.5. The first-order chi connectivity index (χ1) is 11.9. The van der Waals surface area contributed by atoms with Crippen molar-refractivity contribution >= 4 is 38.3 Å². The van der Waals surface area contributed by atoms with E-state index in [1.807, 2.05) is 32.0 Å². The minimum absolute atomic E-state index is 0.0164. The Labute approximate surface area is 153 Å². The lowest BCUT2D eigenvalue weighted by molar-refractivity contribution is -0.131. The van der Waals surface area contributed by atoms with Crippen LogP contribution in [0.3, 0.4) is 0 Å². The molecule has 0 saturated carbocycles. The van der Waals surface area contributed by atoms with E-state index < -0.39 is 9.84 Å². The molecule has 25 heavy (non-hydrogen) atoms. The number of rotatable bonds is 5. The summed E-state index contributed by atoms with van der Waals surface area (Å²) in [4.78, 5) is 15.6. The molecule has 6 heteroatoms. The number of amides is 1. The van der Waals surface area contributed by atoms with Crippen molar-refractivity contribution in [2.24, 2.45) is 0 Å². The van der Waals surface area contributed by atoms with Crippen molar-refractivity contribution in [2.45, 2.75) is 36.5 Å². The number of carbonyl (C=O) groups excluding carboxylic acids is 1. The second kappa shape index (κ2) is 7.38. The third-order valence-corrected chi connectivity index (χ3v) is 7.49. The number of carbonyl (C=O) groups is 1. The first-order valence-corrected chi connectivity index (χ1v) is 11.3.